The van der Waals surface area contributed by atoms with Crippen molar-refractivity contribution in [1.82, 2.24) is 9.80 Å². The number of anilines is 1. The maximum atomic E-state index is 13.5. The summed E-state index contributed by atoms with van der Waals surface area (Å²) in [5.74, 6) is 0.177. The van der Waals surface area contributed by atoms with Crippen LogP contribution >= 0.6 is 11.3 Å². The molecule has 33 heavy (non-hydrogen) atoms. The fourth-order valence-electron chi connectivity index (χ4n) is 3.69. The molecule has 3 aromatic rings. The van der Waals surface area contributed by atoms with E-state index in [0.717, 1.165) is 28.1 Å². The van der Waals surface area contributed by atoms with Gasteiger partial charge in [-0.2, -0.15) is 0 Å². The summed E-state index contributed by atoms with van der Waals surface area (Å²) in [6.45, 7) is 7.75. The standard InChI is InChI=1S/C27H33N3O2S/c1-4-23-13-8-9-15-25(23)28-27(32)30(17-21(2)3)20-26(31)29(19-24-14-10-16-33-24)18-22-11-6-5-7-12-22/h5-16,21H,4,17-20H2,1-3H3,(H,28,32). The molecule has 0 atom stereocenters. The van der Waals surface area contributed by atoms with E-state index >= 15 is 0 Å². The minimum Gasteiger partial charge on any atom is -0.332 e. The SMILES string of the molecule is CCc1ccccc1NC(=O)N(CC(=O)N(Cc1ccccc1)Cc1cccs1)CC(C)C. The summed E-state index contributed by atoms with van der Waals surface area (Å²) >= 11 is 1.63. The van der Waals surface area contributed by atoms with Gasteiger partial charge < -0.3 is 15.1 Å². The Morgan fingerprint density at radius 2 is 1.64 bits per heavy atom. The second-order valence-corrected chi connectivity index (χ2v) is 9.56. The fraction of sp³-hybridized carbons (Fsp3) is 0.333. The molecule has 0 fully saturated rings. The number of aryl methyl sites for hydroxylation is 1. The second-order valence-electron chi connectivity index (χ2n) is 8.53. The van der Waals surface area contributed by atoms with Crippen LogP contribution in [-0.2, 0) is 24.3 Å². The molecule has 0 unspecified atom stereocenters. The average Bonchev–Trinajstić information content (AvgIpc) is 3.32. The Morgan fingerprint density at radius 3 is 2.30 bits per heavy atom. The van der Waals surface area contributed by atoms with Crippen LogP contribution in [0.2, 0.25) is 0 Å². The van der Waals surface area contributed by atoms with Crippen molar-refractivity contribution in [2.75, 3.05) is 18.4 Å². The van der Waals surface area contributed by atoms with Crippen LogP contribution in [0.25, 0.3) is 0 Å². The first-order valence-corrected chi connectivity index (χ1v) is 12.3. The van der Waals surface area contributed by atoms with E-state index in [1.807, 2.05) is 77.0 Å². The third-order valence-electron chi connectivity index (χ3n) is 5.33. The van der Waals surface area contributed by atoms with Gasteiger partial charge in [-0.05, 0) is 41.0 Å². The summed E-state index contributed by atoms with van der Waals surface area (Å²) in [6.07, 6.45) is 0.825. The Bertz CT molecular complexity index is 1020. The molecule has 1 aromatic heterocycles. The Kier molecular flexibility index (Phi) is 9.07. The molecule has 1 N–H and O–H groups in total. The van der Waals surface area contributed by atoms with Gasteiger partial charge >= 0.3 is 6.03 Å². The highest BCUT2D eigenvalue weighted by Crippen LogP contribution is 2.18. The van der Waals surface area contributed by atoms with E-state index < -0.39 is 0 Å². The van der Waals surface area contributed by atoms with Crippen LogP contribution < -0.4 is 5.32 Å². The summed E-state index contributed by atoms with van der Waals surface area (Å²) in [5.41, 5.74) is 2.94. The fourth-order valence-corrected chi connectivity index (χ4v) is 4.41. The van der Waals surface area contributed by atoms with E-state index in [-0.39, 0.29) is 24.4 Å². The van der Waals surface area contributed by atoms with E-state index in [9.17, 15) is 9.59 Å². The lowest BCUT2D eigenvalue weighted by Crippen LogP contribution is -2.45. The smallest absolute Gasteiger partial charge is 0.322 e. The zero-order valence-electron chi connectivity index (χ0n) is 19.7. The van der Waals surface area contributed by atoms with Crippen molar-refractivity contribution in [2.24, 2.45) is 5.92 Å². The predicted molar refractivity (Wildman–Crippen MR) is 136 cm³/mol. The van der Waals surface area contributed by atoms with E-state index in [4.69, 9.17) is 0 Å². The molecule has 2 aromatic carbocycles. The molecule has 0 saturated heterocycles. The van der Waals surface area contributed by atoms with Gasteiger partial charge in [0.25, 0.3) is 0 Å². The van der Waals surface area contributed by atoms with Crippen LogP contribution in [0.3, 0.4) is 0 Å². The van der Waals surface area contributed by atoms with Crippen molar-refractivity contribution < 1.29 is 9.59 Å². The van der Waals surface area contributed by atoms with Crippen LogP contribution in [0.15, 0.2) is 72.1 Å². The number of thiophene rings is 1. The topological polar surface area (TPSA) is 52.7 Å². The molecule has 1 heterocycles. The van der Waals surface area contributed by atoms with Crippen molar-refractivity contribution in [3.8, 4) is 0 Å². The first kappa shape index (κ1) is 24.5. The number of para-hydroxylation sites is 1. The quantitative estimate of drug-likeness (QED) is 0.399. The molecule has 0 radical (unpaired) electrons. The monoisotopic (exact) mass is 463 g/mol. The lowest BCUT2D eigenvalue weighted by Gasteiger charge is -2.29. The van der Waals surface area contributed by atoms with Gasteiger partial charge in [0.15, 0.2) is 0 Å². The highest BCUT2D eigenvalue weighted by molar-refractivity contribution is 7.09. The second kappa shape index (κ2) is 12.2. The molecule has 6 heteroatoms. The van der Waals surface area contributed by atoms with Crippen molar-refractivity contribution in [3.63, 3.8) is 0 Å². The highest BCUT2D eigenvalue weighted by Gasteiger charge is 2.23. The molecule has 0 spiro atoms. The van der Waals surface area contributed by atoms with Crippen LogP contribution in [0, 0.1) is 5.92 Å². The molecule has 3 rings (SSSR count). The molecule has 3 amide bonds. The van der Waals surface area contributed by atoms with Crippen LogP contribution in [-0.4, -0.2) is 34.8 Å². The molecular weight excluding hydrogens is 430 g/mol. The van der Waals surface area contributed by atoms with E-state index in [1.54, 1.807) is 16.2 Å². The molecule has 0 aliphatic rings. The number of benzene rings is 2. The molecule has 0 aliphatic heterocycles. The summed E-state index contributed by atoms with van der Waals surface area (Å²) in [5, 5.41) is 5.04. The van der Waals surface area contributed by atoms with Crippen LogP contribution in [0.1, 0.15) is 36.8 Å². The first-order valence-electron chi connectivity index (χ1n) is 11.4. The zero-order valence-corrected chi connectivity index (χ0v) is 20.5. The van der Waals surface area contributed by atoms with Crippen LogP contribution in [0.5, 0.6) is 0 Å². The number of carbonyl (C=O) groups excluding carboxylic acids is 2. The number of nitrogens with one attached hydrogen (secondary N) is 1. The largest absolute Gasteiger partial charge is 0.332 e. The molecular formula is C27H33N3O2S. The zero-order chi connectivity index (χ0) is 23.6. The van der Waals surface area contributed by atoms with E-state index in [0.29, 0.717) is 19.6 Å². The Balaban J connectivity index is 1.76. The lowest BCUT2D eigenvalue weighted by atomic mass is 10.1. The van der Waals surface area contributed by atoms with Crippen molar-refractivity contribution in [2.45, 2.75) is 40.3 Å². The number of urea groups is 1. The van der Waals surface area contributed by atoms with Crippen molar-refractivity contribution in [1.29, 1.82) is 0 Å². The van der Waals surface area contributed by atoms with Gasteiger partial charge in [-0.25, -0.2) is 4.79 Å². The molecule has 0 saturated carbocycles. The molecule has 0 aliphatic carbocycles. The van der Waals surface area contributed by atoms with Gasteiger partial charge in [-0.15, -0.1) is 11.3 Å². The minimum atomic E-state index is -0.242. The number of carbonyl (C=O) groups is 2. The summed E-state index contributed by atoms with van der Waals surface area (Å²) in [4.78, 5) is 31.2. The highest BCUT2D eigenvalue weighted by atomic mass is 32.1. The maximum Gasteiger partial charge on any atom is 0.322 e. The van der Waals surface area contributed by atoms with Crippen LogP contribution in [0.4, 0.5) is 10.5 Å². The van der Waals surface area contributed by atoms with Gasteiger partial charge in [0.05, 0.1) is 6.54 Å². The average molecular weight is 464 g/mol. The van der Waals surface area contributed by atoms with E-state index in [2.05, 4.69) is 26.1 Å². The predicted octanol–water partition coefficient (Wildman–Crippen LogP) is 6.03. The van der Waals surface area contributed by atoms with Gasteiger partial charge in [0, 0.05) is 23.7 Å². The molecule has 0 bridgehead atoms. The minimum absolute atomic E-state index is 0.0382. The number of rotatable bonds is 10. The Labute approximate surface area is 201 Å². The Morgan fingerprint density at radius 1 is 0.909 bits per heavy atom. The number of nitrogens with zero attached hydrogens (tertiary/aromatic N) is 2. The molecule has 5 nitrogen and oxygen atoms in total. The summed E-state index contributed by atoms with van der Waals surface area (Å²) in [6, 6.07) is 21.6. The van der Waals surface area contributed by atoms with Crippen molar-refractivity contribution in [3.05, 3.63) is 88.1 Å². The summed E-state index contributed by atoms with van der Waals surface area (Å²) < 4.78 is 0. The number of amides is 3. The molecule has 174 valence electrons. The van der Waals surface area contributed by atoms with E-state index in [1.165, 1.54) is 0 Å². The van der Waals surface area contributed by atoms with Gasteiger partial charge in [-0.3, -0.25) is 4.79 Å². The third kappa shape index (κ3) is 7.46. The maximum absolute atomic E-state index is 13.5. The number of hydrogen-bond acceptors (Lipinski definition) is 3. The van der Waals surface area contributed by atoms with Crippen molar-refractivity contribution >= 4 is 29.0 Å². The first-order chi connectivity index (χ1) is 16.0. The van der Waals surface area contributed by atoms with Gasteiger partial charge in [-0.1, -0.05) is 75.4 Å². The normalized spacial score (nSPS) is 10.8. The van der Waals surface area contributed by atoms with Gasteiger partial charge in [0.2, 0.25) is 5.91 Å². The Hall–Kier alpha value is -3.12. The summed E-state index contributed by atoms with van der Waals surface area (Å²) in [7, 11) is 0. The third-order valence-corrected chi connectivity index (χ3v) is 6.20. The lowest BCUT2D eigenvalue weighted by molar-refractivity contribution is -0.133. The number of hydrogen-bond donors (Lipinski definition) is 1. The van der Waals surface area contributed by atoms with Gasteiger partial charge in [0.1, 0.15) is 6.54 Å².